The highest BCUT2D eigenvalue weighted by Crippen LogP contribution is 2.39. The van der Waals surface area contributed by atoms with Crippen molar-refractivity contribution >= 4 is 23.2 Å². The van der Waals surface area contributed by atoms with Gasteiger partial charge in [-0.2, -0.15) is 13.2 Å². The van der Waals surface area contributed by atoms with E-state index in [0.29, 0.717) is 13.1 Å². The Morgan fingerprint density at radius 1 is 1.24 bits per heavy atom. The first kappa shape index (κ1) is 23.6. The summed E-state index contributed by atoms with van der Waals surface area (Å²) in [6, 6.07) is 9.78. The summed E-state index contributed by atoms with van der Waals surface area (Å²) in [5, 5.41) is 4.15. The zero-order chi connectivity index (χ0) is 24.6. The minimum Gasteiger partial charge on any atom is -0.345 e. The van der Waals surface area contributed by atoms with E-state index >= 15 is 0 Å². The molecule has 2 aromatic carbocycles. The minimum absolute atomic E-state index is 0.167. The lowest BCUT2D eigenvalue weighted by molar-refractivity contribution is -0.137. The molecule has 2 aromatic rings. The molecule has 2 unspecified atom stereocenters. The van der Waals surface area contributed by atoms with E-state index in [1.54, 1.807) is 4.90 Å². The maximum atomic E-state index is 13.2. The number of fused-ring (bicyclic) bond motifs is 1. The first-order valence-electron chi connectivity index (χ1n) is 10.9. The van der Waals surface area contributed by atoms with E-state index in [1.165, 1.54) is 18.2 Å². The van der Waals surface area contributed by atoms with Gasteiger partial charge in [0.15, 0.2) is 6.29 Å². The number of hydrogen-bond acceptors (Lipinski definition) is 5. The highest BCUT2D eigenvalue weighted by atomic mass is 19.4. The Labute approximate surface area is 195 Å². The lowest BCUT2D eigenvalue weighted by atomic mass is 10.0. The number of likely N-dealkylation sites (tertiary alicyclic amines) is 1. The van der Waals surface area contributed by atoms with E-state index in [-0.39, 0.29) is 17.5 Å². The Kier molecular flexibility index (Phi) is 6.26. The van der Waals surface area contributed by atoms with Crippen molar-refractivity contribution in [1.82, 2.24) is 9.91 Å². The average Bonchev–Trinajstić information content (AvgIpc) is 3.20. The number of nitrogens with zero attached hydrogens (tertiary/aromatic N) is 3. The predicted molar refractivity (Wildman–Crippen MR) is 123 cm³/mol. The van der Waals surface area contributed by atoms with Crippen LogP contribution in [0.15, 0.2) is 55.1 Å². The van der Waals surface area contributed by atoms with E-state index in [1.807, 2.05) is 30.0 Å². The van der Waals surface area contributed by atoms with Crippen LogP contribution >= 0.6 is 0 Å². The molecular weight excluding hydrogens is 447 g/mol. The molecule has 0 saturated carbocycles. The number of rotatable bonds is 4. The van der Waals surface area contributed by atoms with Crippen LogP contribution in [0, 0.1) is 6.92 Å². The molecule has 2 aliphatic rings. The van der Waals surface area contributed by atoms with Gasteiger partial charge in [0.2, 0.25) is 5.91 Å². The molecule has 0 spiro atoms. The van der Waals surface area contributed by atoms with Gasteiger partial charge in [0.05, 0.1) is 23.0 Å². The molecule has 180 valence electrons. The summed E-state index contributed by atoms with van der Waals surface area (Å²) < 4.78 is 39.5. The Hall–Kier alpha value is -3.53. The molecule has 7 nitrogen and oxygen atoms in total. The minimum atomic E-state index is -4.58. The van der Waals surface area contributed by atoms with E-state index in [9.17, 15) is 22.8 Å². The van der Waals surface area contributed by atoms with Crippen LogP contribution < -0.4 is 16.1 Å². The number of hydrazine groups is 1. The van der Waals surface area contributed by atoms with Crippen LogP contribution in [0.25, 0.3) is 0 Å². The molecule has 2 heterocycles. The summed E-state index contributed by atoms with van der Waals surface area (Å²) in [7, 11) is 0. The van der Waals surface area contributed by atoms with Gasteiger partial charge in [0.25, 0.3) is 5.91 Å². The number of aryl methyl sites for hydroxylation is 1. The van der Waals surface area contributed by atoms with Crippen molar-refractivity contribution in [3.63, 3.8) is 0 Å². The molecule has 2 aliphatic heterocycles. The molecule has 2 atom stereocenters. The Bertz CT molecular complexity index is 1120. The third kappa shape index (κ3) is 4.45. The van der Waals surface area contributed by atoms with Gasteiger partial charge in [-0.1, -0.05) is 18.7 Å². The van der Waals surface area contributed by atoms with Crippen LogP contribution in [0.2, 0.25) is 0 Å². The fourth-order valence-corrected chi connectivity index (χ4v) is 4.53. The number of carbonyl (C=O) groups is 2. The summed E-state index contributed by atoms with van der Waals surface area (Å²) in [6.07, 6.45) is -2.66. The van der Waals surface area contributed by atoms with Gasteiger partial charge in [0, 0.05) is 18.7 Å². The molecule has 4 rings (SSSR count). The van der Waals surface area contributed by atoms with Gasteiger partial charge in [-0.25, -0.2) is 10.9 Å². The monoisotopic (exact) mass is 473 g/mol. The van der Waals surface area contributed by atoms with Crippen molar-refractivity contribution in [3.05, 3.63) is 71.8 Å². The number of nitrogens with two attached hydrogens (primary N) is 1. The number of benzene rings is 2. The lowest BCUT2D eigenvalue weighted by Gasteiger charge is -2.42. The Morgan fingerprint density at radius 2 is 2.00 bits per heavy atom. The fraction of sp³-hybridized carbons (Fsp3) is 0.333. The third-order valence-corrected chi connectivity index (χ3v) is 6.19. The van der Waals surface area contributed by atoms with Crippen LogP contribution in [0.1, 0.15) is 34.3 Å². The van der Waals surface area contributed by atoms with E-state index in [2.05, 4.69) is 11.9 Å². The smallest absolute Gasteiger partial charge is 0.345 e. The zero-order valence-electron chi connectivity index (χ0n) is 18.7. The SMILES string of the molecule is C=CC(=O)N1CCCC(N2c3ccc(C)cc3NC2N(N)C(=O)c2cccc(C(F)(F)F)c2)C1. The Morgan fingerprint density at radius 3 is 2.71 bits per heavy atom. The van der Waals surface area contributed by atoms with Crippen molar-refractivity contribution in [2.75, 3.05) is 23.3 Å². The molecule has 0 aromatic heterocycles. The summed E-state index contributed by atoms with van der Waals surface area (Å²) >= 11 is 0. The number of hydrogen-bond donors (Lipinski definition) is 2. The van der Waals surface area contributed by atoms with E-state index < -0.39 is 23.9 Å². The topological polar surface area (TPSA) is 81.9 Å². The van der Waals surface area contributed by atoms with Crippen molar-refractivity contribution in [3.8, 4) is 0 Å². The molecular formula is C24H26F3N5O2. The number of amides is 2. The van der Waals surface area contributed by atoms with E-state index in [0.717, 1.165) is 46.9 Å². The van der Waals surface area contributed by atoms with Crippen LogP contribution in [-0.4, -0.2) is 47.1 Å². The number of nitrogens with one attached hydrogen (secondary N) is 1. The van der Waals surface area contributed by atoms with Gasteiger partial charge in [0.1, 0.15) is 0 Å². The number of halogens is 3. The first-order valence-corrected chi connectivity index (χ1v) is 10.9. The molecule has 1 fully saturated rings. The van der Waals surface area contributed by atoms with Crippen LogP contribution in [0.3, 0.4) is 0 Å². The maximum absolute atomic E-state index is 13.2. The number of carbonyl (C=O) groups excluding carboxylic acids is 2. The molecule has 1 saturated heterocycles. The van der Waals surface area contributed by atoms with Gasteiger partial charge < -0.3 is 15.1 Å². The maximum Gasteiger partial charge on any atom is 0.416 e. The molecule has 0 radical (unpaired) electrons. The van der Waals surface area contributed by atoms with Crippen molar-refractivity contribution < 1.29 is 22.8 Å². The Balaban J connectivity index is 1.66. The fourth-order valence-electron chi connectivity index (χ4n) is 4.53. The highest BCUT2D eigenvalue weighted by molar-refractivity contribution is 5.95. The van der Waals surface area contributed by atoms with E-state index in [4.69, 9.17) is 5.84 Å². The lowest BCUT2D eigenvalue weighted by Crippen LogP contribution is -2.61. The summed E-state index contributed by atoms with van der Waals surface area (Å²) in [6.45, 7) is 6.49. The largest absolute Gasteiger partial charge is 0.416 e. The quantitative estimate of drug-likeness (QED) is 0.306. The van der Waals surface area contributed by atoms with Gasteiger partial charge in [-0.05, 0) is 61.7 Å². The average molecular weight is 473 g/mol. The van der Waals surface area contributed by atoms with Crippen molar-refractivity contribution in [2.45, 2.75) is 38.3 Å². The number of alkyl halides is 3. The second-order valence-corrected chi connectivity index (χ2v) is 8.52. The molecule has 34 heavy (non-hydrogen) atoms. The summed E-state index contributed by atoms with van der Waals surface area (Å²) in [4.78, 5) is 29.0. The van der Waals surface area contributed by atoms with Gasteiger partial charge in [-0.15, -0.1) is 0 Å². The summed E-state index contributed by atoms with van der Waals surface area (Å²) in [5.41, 5.74) is 1.46. The zero-order valence-corrected chi connectivity index (χ0v) is 18.7. The highest BCUT2D eigenvalue weighted by Gasteiger charge is 2.41. The van der Waals surface area contributed by atoms with Crippen LogP contribution in [0.4, 0.5) is 24.5 Å². The van der Waals surface area contributed by atoms with Crippen molar-refractivity contribution in [1.29, 1.82) is 0 Å². The molecule has 3 N–H and O–H groups in total. The van der Waals surface area contributed by atoms with Crippen LogP contribution in [-0.2, 0) is 11.0 Å². The standard InChI is InChI=1S/C24H26F3N5O2/c1-3-21(33)30-11-5-8-18(14-30)31-20-10-9-15(2)12-19(20)29-23(31)32(28)22(34)16-6-4-7-17(13-16)24(25,26)27/h3-4,6-7,9-10,12-13,18,23,29H,1,5,8,11,14,28H2,2H3. The first-order chi connectivity index (χ1) is 16.1. The predicted octanol–water partition coefficient (Wildman–Crippen LogP) is 3.72. The number of anilines is 2. The number of piperidine rings is 1. The second kappa shape index (κ2) is 9.02. The van der Waals surface area contributed by atoms with Gasteiger partial charge >= 0.3 is 6.18 Å². The summed E-state index contributed by atoms with van der Waals surface area (Å²) in [5.74, 6) is 5.32. The molecule has 0 bridgehead atoms. The molecule has 10 heteroatoms. The third-order valence-electron chi connectivity index (χ3n) is 6.19. The second-order valence-electron chi connectivity index (χ2n) is 8.52. The van der Waals surface area contributed by atoms with Crippen molar-refractivity contribution in [2.24, 2.45) is 5.84 Å². The van der Waals surface area contributed by atoms with Gasteiger partial charge in [-0.3, -0.25) is 9.59 Å². The molecule has 2 amide bonds. The molecule has 0 aliphatic carbocycles. The van der Waals surface area contributed by atoms with Crippen LogP contribution in [0.5, 0.6) is 0 Å². The normalized spacial score (nSPS) is 19.9.